The largest absolute Gasteiger partial charge is 0.396 e. The van der Waals surface area contributed by atoms with Gasteiger partial charge in [0.25, 0.3) is 0 Å². The fraction of sp³-hybridized carbons (Fsp3) is 0.941. The lowest BCUT2D eigenvalue weighted by Crippen LogP contribution is -2.53. The number of hydrogen-bond acceptors (Lipinski definition) is 3. The van der Waals surface area contributed by atoms with E-state index < -0.39 is 0 Å². The summed E-state index contributed by atoms with van der Waals surface area (Å²) in [5, 5.41) is 15.7. The fourth-order valence-electron chi connectivity index (χ4n) is 3.09. The lowest BCUT2D eigenvalue weighted by atomic mass is 9.84. The molecule has 0 aliphatic heterocycles. The molecule has 1 saturated carbocycles. The molecule has 2 amide bonds. The summed E-state index contributed by atoms with van der Waals surface area (Å²) in [7, 11) is 4.10. The van der Waals surface area contributed by atoms with Gasteiger partial charge in [-0.2, -0.15) is 0 Å². The van der Waals surface area contributed by atoms with Gasteiger partial charge in [-0.15, -0.1) is 0 Å². The van der Waals surface area contributed by atoms with Crippen LogP contribution in [0.25, 0.3) is 0 Å². The van der Waals surface area contributed by atoms with Crippen LogP contribution in [0.3, 0.4) is 0 Å². The molecule has 22 heavy (non-hydrogen) atoms. The second kappa shape index (κ2) is 8.73. The molecule has 0 aromatic carbocycles. The molecule has 1 aliphatic rings. The van der Waals surface area contributed by atoms with E-state index in [9.17, 15) is 9.90 Å². The van der Waals surface area contributed by atoms with Crippen molar-refractivity contribution in [2.75, 3.05) is 27.2 Å². The number of carbonyl (C=O) groups excluding carboxylic acids is 1. The van der Waals surface area contributed by atoms with E-state index in [1.165, 1.54) is 0 Å². The molecular formula is C17H35N3O2. The van der Waals surface area contributed by atoms with Crippen molar-refractivity contribution in [3.63, 3.8) is 0 Å². The molecule has 0 heterocycles. The first-order valence-electron chi connectivity index (χ1n) is 8.56. The highest BCUT2D eigenvalue weighted by molar-refractivity contribution is 5.74. The summed E-state index contributed by atoms with van der Waals surface area (Å²) in [6, 6.07) is 0.142. The van der Waals surface area contributed by atoms with Crippen LogP contribution < -0.4 is 10.6 Å². The predicted molar refractivity (Wildman–Crippen MR) is 90.9 cm³/mol. The SMILES string of the molecule is CN(C)CCC(NC(=O)NC1CCCCC1CO)C(C)(C)C. The smallest absolute Gasteiger partial charge is 0.315 e. The number of hydrogen-bond donors (Lipinski definition) is 3. The average molecular weight is 313 g/mol. The molecule has 0 radical (unpaired) electrons. The van der Waals surface area contributed by atoms with E-state index in [0.717, 1.165) is 38.6 Å². The van der Waals surface area contributed by atoms with Crippen molar-refractivity contribution in [1.29, 1.82) is 0 Å². The zero-order chi connectivity index (χ0) is 16.8. The minimum absolute atomic E-state index is 0.0241. The molecule has 5 heteroatoms. The van der Waals surface area contributed by atoms with Gasteiger partial charge in [0, 0.05) is 24.6 Å². The highest BCUT2D eigenvalue weighted by Gasteiger charge is 2.29. The minimum atomic E-state index is -0.0935. The van der Waals surface area contributed by atoms with Gasteiger partial charge < -0.3 is 20.6 Å². The van der Waals surface area contributed by atoms with Gasteiger partial charge in [-0.05, 0) is 45.3 Å². The van der Waals surface area contributed by atoms with Crippen LogP contribution in [-0.2, 0) is 0 Å². The lowest BCUT2D eigenvalue weighted by Gasteiger charge is -2.35. The zero-order valence-corrected chi connectivity index (χ0v) is 15.0. The Bertz CT molecular complexity index is 339. The number of amides is 2. The molecule has 0 aromatic rings. The van der Waals surface area contributed by atoms with E-state index >= 15 is 0 Å². The van der Waals surface area contributed by atoms with Crippen molar-refractivity contribution < 1.29 is 9.90 Å². The molecule has 0 aromatic heterocycles. The Kier molecular flexibility index (Phi) is 7.63. The van der Waals surface area contributed by atoms with Gasteiger partial charge in [0.05, 0.1) is 0 Å². The summed E-state index contributed by atoms with van der Waals surface area (Å²) >= 11 is 0. The number of nitrogens with zero attached hydrogens (tertiary/aromatic N) is 1. The molecule has 1 rings (SSSR count). The van der Waals surface area contributed by atoms with Crippen LogP contribution in [0.5, 0.6) is 0 Å². The molecule has 3 N–H and O–H groups in total. The summed E-state index contributed by atoms with van der Waals surface area (Å²) < 4.78 is 0. The molecule has 5 nitrogen and oxygen atoms in total. The van der Waals surface area contributed by atoms with Crippen LogP contribution >= 0.6 is 0 Å². The van der Waals surface area contributed by atoms with E-state index in [1.54, 1.807) is 0 Å². The average Bonchev–Trinajstić information content (AvgIpc) is 2.42. The van der Waals surface area contributed by atoms with Crippen LogP contribution in [0.1, 0.15) is 52.9 Å². The van der Waals surface area contributed by atoms with Crippen LogP contribution in [0.15, 0.2) is 0 Å². The third-order valence-corrected chi connectivity index (χ3v) is 4.68. The van der Waals surface area contributed by atoms with E-state index in [0.29, 0.717) is 0 Å². The summed E-state index contributed by atoms with van der Waals surface area (Å²) in [6.07, 6.45) is 5.18. The molecule has 130 valence electrons. The highest BCUT2D eigenvalue weighted by atomic mass is 16.3. The first kappa shape index (κ1) is 19.2. The number of carbonyl (C=O) groups is 1. The van der Waals surface area contributed by atoms with E-state index in [4.69, 9.17) is 0 Å². The topological polar surface area (TPSA) is 64.6 Å². The maximum absolute atomic E-state index is 12.4. The molecule has 3 atom stereocenters. The summed E-state index contributed by atoms with van der Waals surface area (Å²) in [4.78, 5) is 14.5. The molecule has 0 bridgehead atoms. The Hall–Kier alpha value is -0.810. The number of aliphatic hydroxyl groups is 1. The lowest BCUT2D eigenvalue weighted by molar-refractivity contribution is 0.150. The predicted octanol–water partition coefficient (Wildman–Crippen LogP) is 2.20. The summed E-state index contributed by atoms with van der Waals surface area (Å²) in [6.45, 7) is 7.58. The second-order valence-electron chi connectivity index (χ2n) is 7.96. The van der Waals surface area contributed by atoms with Crippen molar-refractivity contribution in [2.24, 2.45) is 11.3 Å². The van der Waals surface area contributed by atoms with E-state index in [2.05, 4.69) is 36.3 Å². The highest BCUT2D eigenvalue weighted by Crippen LogP contribution is 2.25. The normalized spacial score (nSPS) is 24.1. The first-order chi connectivity index (χ1) is 10.2. The van der Waals surface area contributed by atoms with Crippen molar-refractivity contribution in [3.05, 3.63) is 0 Å². The van der Waals surface area contributed by atoms with Crippen LogP contribution in [0, 0.1) is 11.3 Å². The molecule has 3 unspecified atom stereocenters. The van der Waals surface area contributed by atoms with Crippen molar-refractivity contribution in [1.82, 2.24) is 15.5 Å². The molecular weight excluding hydrogens is 278 g/mol. The van der Waals surface area contributed by atoms with Gasteiger partial charge in [0.1, 0.15) is 0 Å². The molecule has 0 saturated heterocycles. The number of urea groups is 1. The Morgan fingerprint density at radius 2 is 1.91 bits per heavy atom. The Morgan fingerprint density at radius 1 is 1.27 bits per heavy atom. The number of rotatable bonds is 6. The number of aliphatic hydroxyl groups excluding tert-OH is 1. The number of nitrogens with one attached hydrogen (secondary N) is 2. The van der Waals surface area contributed by atoms with Gasteiger partial charge in [0.2, 0.25) is 0 Å². The van der Waals surface area contributed by atoms with Crippen molar-refractivity contribution in [3.8, 4) is 0 Å². The van der Waals surface area contributed by atoms with Gasteiger partial charge in [-0.1, -0.05) is 33.6 Å². The maximum atomic E-state index is 12.4. The molecule has 1 fully saturated rings. The second-order valence-corrected chi connectivity index (χ2v) is 7.96. The Labute approximate surface area is 135 Å². The van der Waals surface area contributed by atoms with E-state index in [1.807, 2.05) is 14.1 Å². The standard InChI is InChI=1S/C17H35N3O2/c1-17(2,3)15(10-11-20(4)5)19-16(22)18-14-9-7-6-8-13(14)12-21/h13-15,21H,6-12H2,1-5H3,(H2,18,19,22). The van der Waals surface area contributed by atoms with Crippen molar-refractivity contribution >= 4 is 6.03 Å². The third kappa shape index (κ3) is 6.53. The van der Waals surface area contributed by atoms with Crippen LogP contribution in [0.2, 0.25) is 0 Å². The quantitative estimate of drug-likeness (QED) is 0.704. The fourth-order valence-corrected chi connectivity index (χ4v) is 3.09. The molecule has 1 aliphatic carbocycles. The van der Waals surface area contributed by atoms with Gasteiger partial charge in [0.15, 0.2) is 0 Å². The van der Waals surface area contributed by atoms with E-state index in [-0.39, 0.29) is 36.1 Å². The summed E-state index contributed by atoms with van der Waals surface area (Å²) in [5.74, 6) is 0.203. The Balaban J connectivity index is 2.54. The van der Waals surface area contributed by atoms with Gasteiger partial charge in [-0.25, -0.2) is 4.79 Å². The maximum Gasteiger partial charge on any atom is 0.315 e. The zero-order valence-electron chi connectivity index (χ0n) is 15.0. The van der Waals surface area contributed by atoms with Crippen molar-refractivity contribution in [2.45, 2.75) is 65.0 Å². The van der Waals surface area contributed by atoms with Crippen LogP contribution in [0.4, 0.5) is 4.79 Å². The minimum Gasteiger partial charge on any atom is -0.396 e. The van der Waals surface area contributed by atoms with Gasteiger partial charge >= 0.3 is 6.03 Å². The summed E-state index contributed by atoms with van der Waals surface area (Å²) in [5.41, 5.74) is 0.0241. The monoisotopic (exact) mass is 313 g/mol. The van der Waals surface area contributed by atoms with Crippen LogP contribution in [-0.4, -0.2) is 55.4 Å². The molecule has 0 spiro atoms. The third-order valence-electron chi connectivity index (χ3n) is 4.68. The Morgan fingerprint density at radius 3 is 2.45 bits per heavy atom. The first-order valence-corrected chi connectivity index (χ1v) is 8.56. The van der Waals surface area contributed by atoms with Gasteiger partial charge in [-0.3, -0.25) is 0 Å².